The Kier molecular flexibility index (Phi) is 6.23. The van der Waals surface area contributed by atoms with Gasteiger partial charge < -0.3 is 15.1 Å². The van der Waals surface area contributed by atoms with Gasteiger partial charge in [-0.3, -0.25) is 0 Å². The smallest absolute Gasteiger partial charge is 0.317 e. The Labute approximate surface area is 177 Å². The molecule has 2 aromatic carbocycles. The third kappa shape index (κ3) is 4.76. The molecule has 2 heterocycles. The van der Waals surface area contributed by atoms with E-state index in [9.17, 15) is 4.79 Å². The second kappa shape index (κ2) is 9.39. The first-order valence-electron chi connectivity index (χ1n) is 10.4. The molecular weight excluding hydrogens is 374 g/mol. The van der Waals surface area contributed by atoms with Gasteiger partial charge in [0.25, 0.3) is 0 Å². The molecule has 1 fully saturated rings. The van der Waals surface area contributed by atoms with Crippen LogP contribution in [-0.2, 0) is 6.42 Å². The lowest BCUT2D eigenvalue weighted by Gasteiger charge is -2.35. The topological polar surface area (TPSA) is 61.4 Å². The average molecular weight is 402 g/mol. The van der Waals surface area contributed by atoms with Crippen LogP contribution in [0.3, 0.4) is 0 Å². The van der Waals surface area contributed by atoms with Gasteiger partial charge in [-0.15, -0.1) is 0 Å². The normalized spacial score (nSPS) is 13.9. The summed E-state index contributed by atoms with van der Waals surface area (Å²) in [5.74, 6) is 0.910. The van der Waals surface area contributed by atoms with Crippen molar-refractivity contribution < 1.29 is 4.79 Å². The number of nitrogens with zero attached hydrogens (tertiary/aromatic N) is 4. The predicted octanol–water partition coefficient (Wildman–Crippen LogP) is 3.53. The van der Waals surface area contributed by atoms with Crippen LogP contribution in [0.2, 0.25) is 0 Å². The summed E-state index contributed by atoms with van der Waals surface area (Å²) in [5.41, 5.74) is 4.48. The van der Waals surface area contributed by atoms with Gasteiger partial charge in [-0.25, -0.2) is 14.8 Å². The number of nitrogens with one attached hydrogen (secondary N) is 1. The van der Waals surface area contributed by atoms with Crippen molar-refractivity contribution in [3.8, 4) is 11.3 Å². The molecule has 1 N–H and O–H groups in total. The van der Waals surface area contributed by atoms with Gasteiger partial charge in [0.15, 0.2) is 0 Å². The molecule has 0 spiro atoms. The Morgan fingerprint density at radius 3 is 2.47 bits per heavy atom. The van der Waals surface area contributed by atoms with Crippen molar-refractivity contribution in [2.45, 2.75) is 13.3 Å². The van der Waals surface area contributed by atoms with Crippen molar-refractivity contribution in [3.05, 3.63) is 78.1 Å². The van der Waals surface area contributed by atoms with Crippen LogP contribution in [0.25, 0.3) is 11.3 Å². The van der Waals surface area contributed by atoms with Crippen LogP contribution in [0.15, 0.2) is 67.0 Å². The molecule has 0 atom stereocenters. The molecule has 1 aromatic heterocycles. The van der Waals surface area contributed by atoms with Crippen LogP contribution < -0.4 is 10.2 Å². The number of rotatable bonds is 5. The third-order valence-corrected chi connectivity index (χ3v) is 5.50. The van der Waals surface area contributed by atoms with Crippen LogP contribution in [0.5, 0.6) is 0 Å². The number of aromatic nitrogens is 2. The van der Waals surface area contributed by atoms with E-state index in [1.807, 2.05) is 41.3 Å². The number of hydrogen-bond donors (Lipinski definition) is 1. The lowest BCUT2D eigenvalue weighted by molar-refractivity contribution is 0.194. The quantitative estimate of drug-likeness (QED) is 0.711. The van der Waals surface area contributed by atoms with Gasteiger partial charge in [0.05, 0.1) is 5.69 Å². The molecule has 3 aromatic rings. The fraction of sp³-hybridized carbons (Fsp3) is 0.292. The summed E-state index contributed by atoms with van der Waals surface area (Å²) in [6.07, 6.45) is 2.47. The zero-order valence-electron chi connectivity index (χ0n) is 17.3. The molecule has 1 aliphatic rings. The van der Waals surface area contributed by atoms with Gasteiger partial charge in [-0.2, -0.15) is 0 Å². The van der Waals surface area contributed by atoms with E-state index < -0.39 is 0 Å². The van der Waals surface area contributed by atoms with E-state index >= 15 is 0 Å². The number of benzene rings is 2. The Balaban J connectivity index is 1.31. The van der Waals surface area contributed by atoms with Gasteiger partial charge in [-0.1, -0.05) is 54.6 Å². The number of carbonyl (C=O) groups is 1. The monoisotopic (exact) mass is 401 g/mol. The minimum Gasteiger partial charge on any atom is -0.353 e. The molecule has 4 rings (SSSR count). The lowest BCUT2D eigenvalue weighted by Crippen LogP contribution is -2.52. The first-order valence-corrected chi connectivity index (χ1v) is 10.4. The van der Waals surface area contributed by atoms with Crippen LogP contribution in [0.1, 0.15) is 11.1 Å². The van der Waals surface area contributed by atoms with Crippen LogP contribution in [-0.4, -0.2) is 53.6 Å². The summed E-state index contributed by atoms with van der Waals surface area (Å²) in [7, 11) is 0. The van der Waals surface area contributed by atoms with Crippen molar-refractivity contribution in [1.82, 2.24) is 20.2 Å². The molecular formula is C24H27N5O. The van der Waals surface area contributed by atoms with Crippen molar-refractivity contribution in [3.63, 3.8) is 0 Å². The van der Waals surface area contributed by atoms with Gasteiger partial charge in [0, 0.05) is 44.4 Å². The molecule has 0 aliphatic carbocycles. The second-order valence-corrected chi connectivity index (χ2v) is 7.52. The predicted molar refractivity (Wildman–Crippen MR) is 120 cm³/mol. The van der Waals surface area contributed by atoms with Gasteiger partial charge in [-0.05, 0) is 24.5 Å². The minimum absolute atomic E-state index is 0.00821. The molecule has 2 amide bonds. The molecule has 6 nitrogen and oxygen atoms in total. The van der Waals surface area contributed by atoms with Crippen molar-refractivity contribution in [2.24, 2.45) is 0 Å². The van der Waals surface area contributed by atoms with E-state index in [1.54, 1.807) is 6.33 Å². The number of carbonyl (C=O) groups excluding carboxylic acids is 1. The first kappa shape index (κ1) is 19.9. The Morgan fingerprint density at radius 1 is 0.967 bits per heavy atom. The number of hydrogen-bond acceptors (Lipinski definition) is 4. The number of anilines is 1. The zero-order chi connectivity index (χ0) is 20.8. The average Bonchev–Trinajstić information content (AvgIpc) is 2.80. The SMILES string of the molecule is Cc1ccccc1-c1cc(N2CCN(C(=O)NCCc3ccccc3)CC2)ncn1. The van der Waals surface area contributed by atoms with Crippen molar-refractivity contribution in [1.29, 1.82) is 0 Å². The molecule has 6 heteroatoms. The Hall–Kier alpha value is -3.41. The zero-order valence-corrected chi connectivity index (χ0v) is 17.3. The highest BCUT2D eigenvalue weighted by Crippen LogP contribution is 2.24. The molecule has 0 saturated carbocycles. The lowest BCUT2D eigenvalue weighted by atomic mass is 10.1. The van der Waals surface area contributed by atoms with Crippen molar-refractivity contribution in [2.75, 3.05) is 37.6 Å². The van der Waals surface area contributed by atoms with Crippen LogP contribution in [0, 0.1) is 6.92 Å². The van der Waals surface area contributed by atoms with Crippen LogP contribution >= 0.6 is 0 Å². The maximum Gasteiger partial charge on any atom is 0.317 e. The summed E-state index contributed by atoms with van der Waals surface area (Å²) in [5, 5.41) is 3.04. The Morgan fingerprint density at radius 2 is 1.70 bits per heavy atom. The molecule has 30 heavy (non-hydrogen) atoms. The van der Waals surface area contributed by atoms with Crippen LogP contribution in [0.4, 0.5) is 10.6 Å². The Bertz CT molecular complexity index is 984. The number of piperazine rings is 1. The summed E-state index contributed by atoms with van der Waals surface area (Å²) in [6, 6.07) is 20.5. The highest BCUT2D eigenvalue weighted by molar-refractivity contribution is 5.74. The third-order valence-electron chi connectivity index (χ3n) is 5.50. The molecule has 0 radical (unpaired) electrons. The molecule has 0 bridgehead atoms. The van der Waals surface area contributed by atoms with E-state index in [-0.39, 0.29) is 6.03 Å². The largest absolute Gasteiger partial charge is 0.353 e. The standard InChI is InChI=1S/C24H27N5O/c1-19-7-5-6-10-21(19)22-17-23(27-18-26-22)28-13-15-29(16-14-28)24(30)25-12-11-20-8-3-2-4-9-20/h2-10,17-18H,11-16H2,1H3,(H,25,30). The fourth-order valence-corrected chi connectivity index (χ4v) is 3.74. The van der Waals surface area contributed by atoms with Gasteiger partial charge in [0.2, 0.25) is 0 Å². The van der Waals surface area contributed by atoms with E-state index in [1.165, 1.54) is 11.1 Å². The molecule has 0 unspecified atom stereocenters. The fourth-order valence-electron chi connectivity index (χ4n) is 3.74. The van der Waals surface area contributed by atoms with E-state index in [2.05, 4.69) is 51.4 Å². The summed E-state index contributed by atoms with van der Waals surface area (Å²) < 4.78 is 0. The van der Waals surface area contributed by atoms with E-state index in [0.717, 1.165) is 36.6 Å². The highest BCUT2D eigenvalue weighted by Gasteiger charge is 2.22. The van der Waals surface area contributed by atoms with Crippen molar-refractivity contribution >= 4 is 11.8 Å². The summed E-state index contributed by atoms with van der Waals surface area (Å²) >= 11 is 0. The number of amides is 2. The maximum absolute atomic E-state index is 12.5. The number of urea groups is 1. The maximum atomic E-state index is 12.5. The molecule has 154 valence electrons. The van der Waals surface area contributed by atoms with E-state index in [4.69, 9.17) is 0 Å². The molecule has 1 aliphatic heterocycles. The molecule has 1 saturated heterocycles. The minimum atomic E-state index is 0.00821. The summed E-state index contributed by atoms with van der Waals surface area (Å²) in [4.78, 5) is 25.5. The second-order valence-electron chi connectivity index (χ2n) is 7.52. The van der Waals surface area contributed by atoms with E-state index in [0.29, 0.717) is 19.6 Å². The highest BCUT2D eigenvalue weighted by atomic mass is 16.2. The number of aryl methyl sites for hydroxylation is 1. The first-order chi connectivity index (χ1) is 14.7. The van der Waals surface area contributed by atoms with Gasteiger partial charge >= 0.3 is 6.03 Å². The summed E-state index contributed by atoms with van der Waals surface area (Å²) in [6.45, 7) is 5.62. The van der Waals surface area contributed by atoms with Gasteiger partial charge in [0.1, 0.15) is 12.1 Å².